The number of ether oxygens (including phenoxy) is 1. The third kappa shape index (κ3) is 5.18. The molecule has 0 spiro atoms. The van der Waals surface area contributed by atoms with Crippen molar-refractivity contribution in [2.45, 2.75) is 0 Å². The first kappa shape index (κ1) is 28.6. The highest BCUT2D eigenvalue weighted by Gasteiger charge is 2.27. The number of hydrogen-bond donors (Lipinski definition) is 0. The third-order valence-electron chi connectivity index (χ3n) is 9.19. The molecule has 0 aliphatic carbocycles. The first-order valence-corrected chi connectivity index (χ1v) is 16.6. The average Bonchev–Trinajstić information content (AvgIpc) is 3.17. The molecule has 3 nitrogen and oxygen atoms in total. The maximum Gasteiger partial charge on any atom is 0.137 e. The van der Waals surface area contributed by atoms with E-state index in [0.717, 1.165) is 73.1 Å². The molecule has 0 fully saturated rings. The number of benzene rings is 8. The van der Waals surface area contributed by atoms with E-state index in [0.29, 0.717) is 0 Å². The molecular formula is C46H32N2O. The van der Waals surface area contributed by atoms with Gasteiger partial charge in [0.05, 0.1) is 5.69 Å². The van der Waals surface area contributed by atoms with Gasteiger partial charge in [0.2, 0.25) is 0 Å². The smallest absolute Gasteiger partial charge is 0.137 e. The van der Waals surface area contributed by atoms with Crippen molar-refractivity contribution in [3.8, 4) is 33.8 Å². The summed E-state index contributed by atoms with van der Waals surface area (Å²) >= 11 is 0. The summed E-state index contributed by atoms with van der Waals surface area (Å²) in [6, 6.07) is 68.3. The van der Waals surface area contributed by atoms with Gasteiger partial charge in [-0.05, 0) is 107 Å². The van der Waals surface area contributed by atoms with E-state index >= 15 is 0 Å². The van der Waals surface area contributed by atoms with Crippen LogP contribution in [0.25, 0.3) is 33.0 Å². The highest BCUT2D eigenvalue weighted by molar-refractivity contribution is 6.09. The Hall–Kier alpha value is -6.58. The SMILES string of the molecule is c1ccc(N(c2ccccc2)c2ccc(-c3cc4c5c(cccc5c3)-c3c(cccc3N(c3ccccc3)c3ccccc3)O4)cc2)cc1. The number of rotatable bonds is 7. The Kier molecular flexibility index (Phi) is 7.14. The summed E-state index contributed by atoms with van der Waals surface area (Å²) in [5, 5.41) is 2.28. The maximum atomic E-state index is 6.82. The Morgan fingerprint density at radius 3 is 1.43 bits per heavy atom. The molecule has 0 aromatic heterocycles. The van der Waals surface area contributed by atoms with Gasteiger partial charge in [-0.15, -0.1) is 0 Å². The van der Waals surface area contributed by atoms with Gasteiger partial charge < -0.3 is 14.5 Å². The van der Waals surface area contributed by atoms with Crippen LogP contribution in [0.15, 0.2) is 194 Å². The van der Waals surface area contributed by atoms with Crippen LogP contribution in [-0.2, 0) is 0 Å². The number of nitrogens with zero attached hydrogens (tertiary/aromatic N) is 2. The van der Waals surface area contributed by atoms with Crippen LogP contribution >= 0.6 is 0 Å². The van der Waals surface area contributed by atoms with Gasteiger partial charge in [0.15, 0.2) is 0 Å². The Morgan fingerprint density at radius 2 is 0.857 bits per heavy atom. The molecule has 0 amide bonds. The van der Waals surface area contributed by atoms with Crippen molar-refractivity contribution in [2.24, 2.45) is 0 Å². The number of anilines is 6. The van der Waals surface area contributed by atoms with Crippen molar-refractivity contribution in [3.63, 3.8) is 0 Å². The van der Waals surface area contributed by atoms with Crippen molar-refractivity contribution in [2.75, 3.05) is 9.80 Å². The van der Waals surface area contributed by atoms with Crippen molar-refractivity contribution >= 4 is 44.9 Å². The molecule has 1 aliphatic heterocycles. The fourth-order valence-corrected chi connectivity index (χ4v) is 7.01. The first-order chi connectivity index (χ1) is 24.3. The molecule has 49 heavy (non-hydrogen) atoms. The molecule has 8 aromatic carbocycles. The predicted molar refractivity (Wildman–Crippen MR) is 204 cm³/mol. The molecule has 232 valence electrons. The molecular weight excluding hydrogens is 597 g/mol. The molecule has 0 bridgehead atoms. The Labute approximate surface area is 286 Å². The van der Waals surface area contributed by atoms with E-state index in [2.05, 4.69) is 204 Å². The van der Waals surface area contributed by atoms with E-state index in [-0.39, 0.29) is 0 Å². The van der Waals surface area contributed by atoms with Crippen molar-refractivity contribution in [1.82, 2.24) is 0 Å². The summed E-state index contributed by atoms with van der Waals surface area (Å²) in [5.74, 6) is 1.72. The number of hydrogen-bond acceptors (Lipinski definition) is 3. The van der Waals surface area contributed by atoms with Gasteiger partial charge in [-0.25, -0.2) is 0 Å². The third-order valence-corrected chi connectivity index (χ3v) is 9.19. The summed E-state index contributed by atoms with van der Waals surface area (Å²) in [5.41, 5.74) is 11.1. The second-order valence-corrected chi connectivity index (χ2v) is 12.2. The minimum atomic E-state index is 0.850. The minimum absolute atomic E-state index is 0.850. The molecule has 3 heteroatoms. The normalized spacial score (nSPS) is 11.4. The summed E-state index contributed by atoms with van der Waals surface area (Å²) < 4.78 is 6.82. The van der Waals surface area contributed by atoms with E-state index in [1.165, 1.54) is 5.56 Å². The maximum absolute atomic E-state index is 6.82. The van der Waals surface area contributed by atoms with E-state index < -0.39 is 0 Å². The van der Waals surface area contributed by atoms with Gasteiger partial charge in [-0.2, -0.15) is 0 Å². The zero-order chi connectivity index (χ0) is 32.6. The van der Waals surface area contributed by atoms with Crippen LogP contribution < -0.4 is 14.5 Å². The van der Waals surface area contributed by atoms with Crippen LogP contribution in [-0.4, -0.2) is 0 Å². The molecule has 1 heterocycles. The Morgan fingerprint density at radius 1 is 0.347 bits per heavy atom. The Balaban J connectivity index is 1.14. The molecule has 0 N–H and O–H groups in total. The fraction of sp³-hybridized carbons (Fsp3) is 0. The monoisotopic (exact) mass is 628 g/mol. The van der Waals surface area contributed by atoms with Crippen molar-refractivity contribution < 1.29 is 4.74 Å². The first-order valence-electron chi connectivity index (χ1n) is 16.6. The lowest BCUT2D eigenvalue weighted by atomic mass is 9.90. The zero-order valence-corrected chi connectivity index (χ0v) is 26.8. The standard InChI is InChI=1S/C46H32N2O/c1-5-16-36(17-6-1)47(37-18-7-2-8-19-37)40-29-27-33(28-30-40)35-31-34-15-13-24-41-45(34)44(32-35)49-43-26-14-25-42(46(41)43)48(38-20-9-3-10-21-38)39-22-11-4-12-23-39/h1-32H. The lowest BCUT2D eigenvalue weighted by Gasteiger charge is -2.31. The van der Waals surface area contributed by atoms with E-state index in [4.69, 9.17) is 4.74 Å². The fourth-order valence-electron chi connectivity index (χ4n) is 7.01. The van der Waals surface area contributed by atoms with Crippen molar-refractivity contribution in [1.29, 1.82) is 0 Å². The predicted octanol–water partition coefficient (Wildman–Crippen LogP) is 13.2. The molecule has 0 unspecified atom stereocenters. The Bertz CT molecular complexity index is 2310. The van der Waals surface area contributed by atoms with Crippen LogP contribution in [0.4, 0.5) is 34.1 Å². The van der Waals surface area contributed by atoms with Crippen LogP contribution in [0, 0.1) is 0 Å². The average molecular weight is 629 g/mol. The van der Waals surface area contributed by atoms with Crippen LogP contribution in [0.1, 0.15) is 0 Å². The molecule has 9 rings (SSSR count). The molecule has 8 aromatic rings. The van der Waals surface area contributed by atoms with Crippen LogP contribution in [0.2, 0.25) is 0 Å². The molecule has 0 radical (unpaired) electrons. The summed E-state index contributed by atoms with van der Waals surface area (Å²) in [6.07, 6.45) is 0. The van der Waals surface area contributed by atoms with Gasteiger partial charge in [-0.3, -0.25) is 0 Å². The van der Waals surface area contributed by atoms with Gasteiger partial charge in [0.25, 0.3) is 0 Å². The molecule has 0 atom stereocenters. The van der Waals surface area contributed by atoms with Gasteiger partial charge >= 0.3 is 0 Å². The van der Waals surface area contributed by atoms with Gasteiger partial charge in [0.1, 0.15) is 11.5 Å². The summed E-state index contributed by atoms with van der Waals surface area (Å²) in [7, 11) is 0. The quantitative estimate of drug-likeness (QED) is 0.175. The lowest BCUT2D eigenvalue weighted by molar-refractivity contribution is 0.487. The largest absolute Gasteiger partial charge is 0.456 e. The minimum Gasteiger partial charge on any atom is -0.456 e. The number of para-hydroxylation sites is 4. The second kappa shape index (κ2) is 12.2. The molecule has 1 aliphatic rings. The van der Waals surface area contributed by atoms with E-state index in [1.54, 1.807) is 0 Å². The summed E-state index contributed by atoms with van der Waals surface area (Å²) in [6.45, 7) is 0. The number of fused-ring (bicyclic) bond motifs is 2. The topological polar surface area (TPSA) is 15.7 Å². The summed E-state index contributed by atoms with van der Waals surface area (Å²) in [4.78, 5) is 4.60. The highest BCUT2D eigenvalue weighted by Crippen LogP contribution is 2.53. The van der Waals surface area contributed by atoms with Crippen LogP contribution in [0.3, 0.4) is 0 Å². The highest BCUT2D eigenvalue weighted by atomic mass is 16.5. The van der Waals surface area contributed by atoms with Gasteiger partial charge in [-0.1, -0.05) is 109 Å². The second-order valence-electron chi connectivity index (χ2n) is 12.2. The molecule has 0 saturated heterocycles. The van der Waals surface area contributed by atoms with Crippen LogP contribution in [0.5, 0.6) is 11.5 Å². The lowest BCUT2D eigenvalue weighted by Crippen LogP contribution is -2.12. The molecule has 0 saturated carbocycles. The van der Waals surface area contributed by atoms with Gasteiger partial charge in [0, 0.05) is 39.4 Å². The van der Waals surface area contributed by atoms with E-state index in [9.17, 15) is 0 Å². The zero-order valence-electron chi connectivity index (χ0n) is 26.8. The van der Waals surface area contributed by atoms with E-state index in [1.807, 2.05) is 0 Å². The van der Waals surface area contributed by atoms with Crippen molar-refractivity contribution in [3.05, 3.63) is 194 Å².